The fourth-order valence-corrected chi connectivity index (χ4v) is 1.92. The normalized spacial score (nSPS) is 11.4. The topological polar surface area (TPSA) is 17.1 Å². The first-order valence-corrected chi connectivity index (χ1v) is 6.99. The van der Waals surface area contributed by atoms with Crippen molar-refractivity contribution in [3.63, 3.8) is 0 Å². The van der Waals surface area contributed by atoms with Crippen LogP contribution in [-0.2, 0) is 17.6 Å². The Morgan fingerprint density at radius 2 is 1.09 bits per heavy atom. The van der Waals surface area contributed by atoms with Crippen molar-refractivity contribution in [2.75, 3.05) is 0 Å². The fraction of sp³-hybridized carbons (Fsp3) is 0.105. The van der Waals surface area contributed by atoms with E-state index in [1.807, 2.05) is 0 Å². The molecule has 0 aliphatic rings. The van der Waals surface area contributed by atoms with Gasteiger partial charge in [-0.1, -0.05) is 36.4 Å². The van der Waals surface area contributed by atoms with Crippen LogP contribution in [-0.4, -0.2) is 5.78 Å². The molecule has 0 aromatic heterocycles. The second-order valence-electron chi connectivity index (χ2n) is 4.87. The molecule has 0 saturated carbocycles. The van der Waals surface area contributed by atoms with Gasteiger partial charge < -0.3 is 0 Å². The van der Waals surface area contributed by atoms with Crippen molar-refractivity contribution in [1.82, 2.24) is 0 Å². The number of benzene rings is 2. The molecule has 0 amide bonds. The Morgan fingerprint density at radius 3 is 1.45 bits per heavy atom. The molecule has 0 fully saturated rings. The molecule has 2 rings (SSSR count). The number of hydrogen-bond donors (Lipinski definition) is 0. The SMILES string of the molecule is O=C(C=CCc1ccc(F)cc1)C=CCc1ccc(F)cc1. The smallest absolute Gasteiger partial charge is 0.178 e. The lowest BCUT2D eigenvalue weighted by molar-refractivity contribution is -0.110. The minimum atomic E-state index is -0.271. The van der Waals surface area contributed by atoms with E-state index >= 15 is 0 Å². The summed E-state index contributed by atoms with van der Waals surface area (Å²) in [7, 11) is 0. The van der Waals surface area contributed by atoms with E-state index in [1.165, 1.54) is 36.4 Å². The first kappa shape index (κ1) is 15.8. The van der Waals surface area contributed by atoms with Crippen LogP contribution in [0.2, 0.25) is 0 Å². The van der Waals surface area contributed by atoms with Gasteiger partial charge >= 0.3 is 0 Å². The van der Waals surface area contributed by atoms with Crippen molar-refractivity contribution in [3.05, 3.63) is 95.6 Å². The maximum atomic E-state index is 12.7. The van der Waals surface area contributed by atoms with Gasteiger partial charge in [0.05, 0.1) is 0 Å². The second kappa shape index (κ2) is 8.03. The highest BCUT2D eigenvalue weighted by atomic mass is 19.1. The molecule has 3 heteroatoms. The number of carbonyl (C=O) groups excluding carboxylic acids is 1. The van der Waals surface area contributed by atoms with E-state index in [2.05, 4.69) is 0 Å². The summed E-state index contributed by atoms with van der Waals surface area (Å²) in [5, 5.41) is 0. The summed E-state index contributed by atoms with van der Waals surface area (Å²) in [6, 6.07) is 12.3. The quantitative estimate of drug-likeness (QED) is 0.721. The summed E-state index contributed by atoms with van der Waals surface area (Å²) in [5.41, 5.74) is 1.89. The van der Waals surface area contributed by atoms with Gasteiger partial charge in [0, 0.05) is 0 Å². The summed E-state index contributed by atoms with van der Waals surface area (Å²) < 4.78 is 25.5. The predicted molar refractivity (Wildman–Crippen MR) is 83.5 cm³/mol. The summed E-state index contributed by atoms with van der Waals surface area (Å²) in [6.45, 7) is 0. The van der Waals surface area contributed by atoms with Crippen molar-refractivity contribution >= 4 is 5.78 Å². The number of rotatable bonds is 6. The molecule has 0 bridgehead atoms. The molecule has 2 aromatic rings. The van der Waals surface area contributed by atoms with Gasteiger partial charge in [0.25, 0.3) is 0 Å². The Bertz CT molecular complexity index is 608. The van der Waals surface area contributed by atoms with E-state index in [4.69, 9.17) is 0 Å². The molecule has 0 radical (unpaired) electrons. The Morgan fingerprint density at radius 1 is 0.727 bits per heavy atom. The molecule has 0 spiro atoms. The Labute approximate surface area is 128 Å². The lowest BCUT2D eigenvalue weighted by atomic mass is 10.1. The molecule has 2 aromatic carbocycles. The third kappa shape index (κ3) is 5.44. The molecule has 112 valence electrons. The van der Waals surface area contributed by atoms with Crippen molar-refractivity contribution in [2.45, 2.75) is 12.8 Å². The highest BCUT2D eigenvalue weighted by molar-refractivity contribution is 5.99. The van der Waals surface area contributed by atoms with Crippen molar-refractivity contribution in [3.8, 4) is 0 Å². The molecule has 0 aliphatic heterocycles. The number of carbonyl (C=O) groups is 1. The summed E-state index contributed by atoms with van der Waals surface area (Å²) in [4.78, 5) is 11.6. The van der Waals surface area contributed by atoms with Crippen LogP contribution < -0.4 is 0 Å². The van der Waals surface area contributed by atoms with Crippen LogP contribution in [0.15, 0.2) is 72.8 Å². The van der Waals surface area contributed by atoms with Crippen LogP contribution in [0.5, 0.6) is 0 Å². The monoisotopic (exact) mass is 298 g/mol. The molecular weight excluding hydrogens is 282 g/mol. The van der Waals surface area contributed by atoms with E-state index < -0.39 is 0 Å². The van der Waals surface area contributed by atoms with Crippen molar-refractivity contribution < 1.29 is 13.6 Å². The fourth-order valence-electron chi connectivity index (χ4n) is 1.92. The molecule has 0 atom stereocenters. The zero-order valence-electron chi connectivity index (χ0n) is 12.0. The van der Waals surface area contributed by atoms with Crippen LogP contribution >= 0.6 is 0 Å². The van der Waals surface area contributed by atoms with Gasteiger partial charge in [-0.3, -0.25) is 4.79 Å². The van der Waals surface area contributed by atoms with Gasteiger partial charge in [-0.05, 0) is 60.4 Å². The maximum absolute atomic E-state index is 12.7. The first-order chi connectivity index (χ1) is 10.6. The lowest BCUT2D eigenvalue weighted by Gasteiger charge is -1.95. The molecule has 0 N–H and O–H groups in total. The van der Waals surface area contributed by atoms with Gasteiger partial charge in [0.1, 0.15) is 11.6 Å². The van der Waals surface area contributed by atoms with Crippen LogP contribution in [0.4, 0.5) is 8.78 Å². The average molecular weight is 298 g/mol. The van der Waals surface area contributed by atoms with E-state index in [1.54, 1.807) is 36.4 Å². The maximum Gasteiger partial charge on any atom is 0.178 e. The van der Waals surface area contributed by atoms with Gasteiger partial charge in [-0.2, -0.15) is 0 Å². The predicted octanol–water partition coefficient (Wildman–Crippen LogP) is 4.43. The van der Waals surface area contributed by atoms with Crippen LogP contribution in [0.25, 0.3) is 0 Å². The average Bonchev–Trinajstić information content (AvgIpc) is 2.51. The third-order valence-electron chi connectivity index (χ3n) is 3.10. The highest BCUT2D eigenvalue weighted by Gasteiger charge is 1.94. The molecular formula is C19H16F2O. The van der Waals surface area contributed by atoms with Gasteiger partial charge in [-0.15, -0.1) is 0 Å². The van der Waals surface area contributed by atoms with Gasteiger partial charge in [-0.25, -0.2) is 8.78 Å². The lowest BCUT2D eigenvalue weighted by Crippen LogP contribution is -1.88. The third-order valence-corrected chi connectivity index (χ3v) is 3.10. The van der Waals surface area contributed by atoms with E-state index in [-0.39, 0.29) is 17.4 Å². The van der Waals surface area contributed by atoms with E-state index in [0.29, 0.717) is 12.8 Å². The Hall–Kier alpha value is -2.55. The molecule has 0 saturated heterocycles. The summed E-state index contributed by atoms with van der Waals surface area (Å²) in [5.74, 6) is -0.649. The Balaban J connectivity index is 1.79. The largest absolute Gasteiger partial charge is 0.290 e. The summed E-state index contributed by atoms with van der Waals surface area (Å²) in [6.07, 6.45) is 7.64. The van der Waals surface area contributed by atoms with Crippen LogP contribution in [0.1, 0.15) is 11.1 Å². The van der Waals surface area contributed by atoms with Gasteiger partial charge in [0.15, 0.2) is 5.78 Å². The number of allylic oxidation sites excluding steroid dienone is 4. The van der Waals surface area contributed by atoms with Crippen molar-refractivity contribution in [2.24, 2.45) is 0 Å². The van der Waals surface area contributed by atoms with E-state index in [9.17, 15) is 13.6 Å². The van der Waals surface area contributed by atoms with Crippen LogP contribution in [0.3, 0.4) is 0 Å². The number of halogens is 2. The minimum Gasteiger partial charge on any atom is -0.290 e. The van der Waals surface area contributed by atoms with Gasteiger partial charge in [0.2, 0.25) is 0 Å². The number of ketones is 1. The van der Waals surface area contributed by atoms with Crippen molar-refractivity contribution in [1.29, 1.82) is 0 Å². The molecule has 0 heterocycles. The first-order valence-electron chi connectivity index (χ1n) is 6.99. The molecule has 0 unspecified atom stereocenters. The molecule has 22 heavy (non-hydrogen) atoms. The standard InChI is InChI=1S/C19H16F2O/c20-17-11-7-15(8-12-17)3-1-5-19(22)6-2-4-16-9-13-18(21)14-10-16/h1-2,5-14H,3-4H2. The number of hydrogen-bond acceptors (Lipinski definition) is 1. The zero-order valence-corrected chi connectivity index (χ0v) is 12.0. The second-order valence-corrected chi connectivity index (χ2v) is 4.87. The summed E-state index contributed by atoms with van der Waals surface area (Å²) >= 11 is 0. The molecule has 1 nitrogen and oxygen atoms in total. The highest BCUT2D eigenvalue weighted by Crippen LogP contribution is 2.05. The van der Waals surface area contributed by atoms with Crippen LogP contribution in [0, 0.1) is 11.6 Å². The zero-order chi connectivity index (χ0) is 15.8. The Kier molecular flexibility index (Phi) is 5.78. The van der Waals surface area contributed by atoms with E-state index in [0.717, 1.165) is 11.1 Å². The minimum absolute atomic E-state index is 0.107. The molecule has 0 aliphatic carbocycles.